The van der Waals surface area contributed by atoms with Crippen molar-refractivity contribution in [1.29, 1.82) is 0 Å². The SMILES string of the molecule is CN(CC1CC1)c1cc2c(cn1)c(-c1cc(C(F)(F)F)c(F)c(O)c1F)nn2C. The number of pyridine rings is 1. The molecule has 3 aromatic rings. The Bertz CT molecular complexity index is 1100. The van der Waals surface area contributed by atoms with Crippen LogP contribution in [0, 0.1) is 17.6 Å². The van der Waals surface area contributed by atoms with E-state index >= 15 is 0 Å². The van der Waals surface area contributed by atoms with E-state index in [2.05, 4.69) is 10.1 Å². The lowest BCUT2D eigenvalue weighted by atomic mass is 10.0. The highest BCUT2D eigenvalue weighted by Gasteiger charge is 2.38. The lowest BCUT2D eigenvalue weighted by molar-refractivity contribution is -0.140. The zero-order chi connectivity index (χ0) is 21.1. The van der Waals surface area contributed by atoms with Gasteiger partial charge in [0.1, 0.15) is 11.5 Å². The molecule has 29 heavy (non-hydrogen) atoms. The molecular formula is C19H17F5N4O. The molecule has 4 rings (SSSR count). The summed E-state index contributed by atoms with van der Waals surface area (Å²) < 4.78 is 69.0. The van der Waals surface area contributed by atoms with Crippen LogP contribution < -0.4 is 4.90 Å². The molecule has 0 atom stereocenters. The van der Waals surface area contributed by atoms with E-state index in [0.29, 0.717) is 23.3 Å². The van der Waals surface area contributed by atoms with Gasteiger partial charge in [0.05, 0.1) is 11.1 Å². The fourth-order valence-electron chi connectivity index (χ4n) is 3.33. The highest BCUT2D eigenvalue weighted by Crippen LogP contribution is 2.41. The summed E-state index contributed by atoms with van der Waals surface area (Å²) in [5.41, 5.74) is -2.06. The number of alkyl halides is 3. The van der Waals surface area contributed by atoms with Gasteiger partial charge < -0.3 is 10.0 Å². The van der Waals surface area contributed by atoms with Crippen molar-refractivity contribution in [3.8, 4) is 17.0 Å². The van der Waals surface area contributed by atoms with Gasteiger partial charge in [0.2, 0.25) is 0 Å². The van der Waals surface area contributed by atoms with Crippen LogP contribution in [0.5, 0.6) is 5.75 Å². The van der Waals surface area contributed by atoms with E-state index < -0.39 is 34.7 Å². The number of phenolic OH excluding ortho intramolecular Hbond substituents is 1. The first kappa shape index (κ1) is 19.4. The van der Waals surface area contributed by atoms with Crippen LogP contribution in [-0.4, -0.2) is 33.5 Å². The average molecular weight is 412 g/mol. The van der Waals surface area contributed by atoms with Gasteiger partial charge in [-0.1, -0.05) is 0 Å². The third kappa shape index (κ3) is 3.36. The highest BCUT2D eigenvalue weighted by molar-refractivity contribution is 5.94. The molecule has 0 unspecified atom stereocenters. The second kappa shape index (κ2) is 6.57. The molecule has 154 valence electrons. The van der Waals surface area contributed by atoms with Crippen LogP contribution in [0.3, 0.4) is 0 Å². The van der Waals surface area contributed by atoms with Crippen LogP contribution in [0.25, 0.3) is 22.2 Å². The van der Waals surface area contributed by atoms with E-state index in [9.17, 15) is 27.1 Å². The number of aromatic nitrogens is 3. The zero-order valence-electron chi connectivity index (χ0n) is 15.6. The van der Waals surface area contributed by atoms with Crippen molar-refractivity contribution < 1.29 is 27.1 Å². The smallest absolute Gasteiger partial charge is 0.419 e. The maximum Gasteiger partial charge on any atom is 0.419 e. The number of hydrogen-bond donors (Lipinski definition) is 1. The van der Waals surface area contributed by atoms with Crippen LogP contribution in [0.15, 0.2) is 18.3 Å². The second-order valence-corrected chi connectivity index (χ2v) is 7.30. The molecule has 1 fully saturated rings. The summed E-state index contributed by atoms with van der Waals surface area (Å²) >= 11 is 0. The van der Waals surface area contributed by atoms with E-state index in [1.54, 1.807) is 13.1 Å². The van der Waals surface area contributed by atoms with Crippen LogP contribution in [-0.2, 0) is 13.2 Å². The van der Waals surface area contributed by atoms with Gasteiger partial charge in [-0.2, -0.15) is 18.3 Å². The standard InChI is InChI=1S/C19H17F5N4O/c1-27(8-9-3-4-9)14-6-13-11(7-25-14)17(26-28(13)2)10-5-12(19(22,23)24)16(21)18(29)15(10)20/h5-7,9,29H,3-4,8H2,1-2H3. The van der Waals surface area contributed by atoms with Crippen molar-refractivity contribution in [3.63, 3.8) is 0 Å². The Morgan fingerprint density at radius 3 is 2.52 bits per heavy atom. The number of aromatic hydroxyl groups is 1. The average Bonchev–Trinajstić information content (AvgIpc) is 3.41. The molecule has 0 aliphatic heterocycles. The molecule has 0 saturated heterocycles. The van der Waals surface area contributed by atoms with E-state index in [1.165, 1.54) is 10.9 Å². The number of aryl methyl sites for hydroxylation is 1. The molecule has 0 bridgehead atoms. The predicted molar refractivity (Wildman–Crippen MR) is 96.5 cm³/mol. The van der Waals surface area contributed by atoms with E-state index in [4.69, 9.17) is 0 Å². The first-order valence-electron chi connectivity index (χ1n) is 8.90. The molecule has 0 radical (unpaired) electrons. The molecular weight excluding hydrogens is 395 g/mol. The number of fused-ring (bicyclic) bond motifs is 1. The molecule has 1 aliphatic carbocycles. The lowest BCUT2D eigenvalue weighted by Crippen LogP contribution is -2.20. The normalized spacial score (nSPS) is 14.6. The Morgan fingerprint density at radius 2 is 1.90 bits per heavy atom. The molecule has 2 aromatic heterocycles. The molecule has 10 heteroatoms. The van der Waals surface area contributed by atoms with Gasteiger partial charge in [0.15, 0.2) is 17.4 Å². The molecule has 1 N–H and O–H groups in total. The van der Waals surface area contributed by atoms with Crippen LogP contribution in [0.1, 0.15) is 18.4 Å². The molecule has 0 spiro atoms. The third-order valence-corrected chi connectivity index (χ3v) is 5.08. The Kier molecular flexibility index (Phi) is 4.39. The van der Waals surface area contributed by atoms with Gasteiger partial charge >= 0.3 is 6.18 Å². The minimum atomic E-state index is -5.11. The number of hydrogen-bond acceptors (Lipinski definition) is 4. The van der Waals surface area contributed by atoms with E-state index in [0.717, 1.165) is 19.4 Å². The topological polar surface area (TPSA) is 54.2 Å². The van der Waals surface area contributed by atoms with Gasteiger partial charge in [-0.15, -0.1) is 0 Å². The van der Waals surface area contributed by atoms with Gasteiger partial charge in [0.25, 0.3) is 0 Å². The zero-order valence-corrected chi connectivity index (χ0v) is 15.6. The molecule has 1 aliphatic rings. The molecule has 0 amide bonds. The van der Waals surface area contributed by atoms with Gasteiger partial charge in [-0.05, 0) is 24.8 Å². The maximum absolute atomic E-state index is 14.5. The number of halogens is 5. The summed E-state index contributed by atoms with van der Waals surface area (Å²) in [6.07, 6.45) is -1.39. The lowest BCUT2D eigenvalue weighted by Gasteiger charge is -2.17. The van der Waals surface area contributed by atoms with Crippen molar-refractivity contribution in [1.82, 2.24) is 14.8 Å². The third-order valence-electron chi connectivity index (χ3n) is 5.08. The highest BCUT2D eigenvalue weighted by atomic mass is 19.4. The summed E-state index contributed by atoms with van der Waals surface area (Å²) in [5, 5.41) is 14.0. The van der Waals surface area contributed by atoms with Gasteiger partial charge in [-0.3, -0.25) is 4.68 Å². The van der Waals surface area contributed by atoms with Crippen LogP contribution in [0.4, 0.5) is 27.8 Å². The Labute approximate surface area is 162 Å². The maximum atomic E-state index is 14.5. The first-order chi connectivity index (χ1) is 13.6. The summed E-state index contributed by atoms with van der Waals surface area (Å²) in [5.74, 6) is -3.98. The molecule has 1 saturated carbocycles. The predicted octanol–water partition coefficient (Wildman–Crippen LogP) is 4.48. The van der Waals surface area contributed by atoms with Crippen molar-refractivity contribution >= 4 is 16.7 Å². The van der Waals surface area contributed by atoms with Crippen LogP contribution in [0.2, 0.25) is 0 Å². The molecule has 2 heterocycles. The second-order valence-electron chi connectivity index (χ2n) is 7.30. The fourth-order valence-corrected chi connectivity index (χ4v) is 3.33. The van der Waals surface area contributed by atoms with Gasteiger partial charge in [-0.25, -0.2) is 13.8 Å². The number of rotatable bonds is 4. The number of benzene rings is 1. The van der Waals surface area contributed by atoms with Gasteiger partial charge in [0, 0.05) is 43.9 Å². The molecule has 5 nitrogen and oxygen atoms in total. The van der Waals surface area contributed by atoms with Crippen molar-refractivity contribution in [2.45, 2.75) is 19.0 Å². The minimum absolute atomic E-state index is 0.162. The van der Waals surface area contributed by atoms with Crippen LogP contribution >= 0.6 is 0 Å². The quantitative estimate of drug-likeness (QED) is 0.642. The number of nitrogens with zero attached hydrogens (tertiary/aromatic N) is 4. The summed E-state index contributed by atoms with van der Waals surface area (Å²) in [6, 6.07) is 2.03. The number of phenols is 1. The summed E-state index contributed by atoms with van der Waals surface area (Å²) in [6.45, 7) is 0.832. The fraction of sp³-hybridized carbons (Fsp3) is 0.368. The largest absolute Gasteiger partial charge is 0.503 e. The number of anilines is 1. The summed E-state index contributed by atoms with van der Waals surface area (Å²) in [4.78, 5) is 6.29. The van der Waals surface area contributed by atoms with E-state index in [-0.39, 0.29) is 11.1 Å². The van der Waals surface area contributed by atoms with Crippen molar-refractivity contribution in [2.75, 3.05) is 18.5 Å². The first-order valence-corrected chi connectivity index (χ1v) is 8.90. The Morgan fingerprint density at radius 1 is 1.21 bits per heavy atom. The minimum Gasteiger partial charge on any atom is -0.503 e. The Hall–Kier alpha value is -2.91. The summed E-state index contributed by atoms with van der Waals surface area (Å²) in [7, 11) is 3.44. The molecule has 1 aromatic carbocycles. The Balaban J connectivity index is 1.85. The van der Waals surface area contributed by atoms with Crippen molar-refractivity contribution in [3.05, 3.63) is 35.5 Å². The van der Waals surface area contributed by atoms with E-state index in [1.807, 2.05) is 11.9 Å². The van der Waals surface area contributed by atoms with Crippen molar-refractivity contribution in [2.24, 2.45) is 13.0 Å². The monoisotopic (exact) mass is 412 g/mol.